The number of nitrogens with zero attached hydrogens (tertiary/aromatic N) is 4. The van der Waals surface area contributed by atoms with E-state index in [1.165, 1.54) is 0 Å². The van der Waals surface area contributed by atoms with Crippen LogP contribution in [0.15, 0.2) is 76.0 Å². The Bertz CT molecular complexity index is 986. The van der Waals surface area contributed by atoms with Crippen molar-refractivity contribution >= 4 is 27.6 Å². The Morgan fingerprint density at radius 2 is 1.64 bits per heavy atom. The molecule has 7 heteroatoms. The number of nitrogens with one attached hydrogen (secondary N) is 1. The van der Waals surface area contributed by atoms with Crippen LogP contribution in [0.1, 0.15) is 0 Å². The summed E-state index contributed by atoms with van der Waals surface area (Å²) >= 11 is 3.50. The van der Waals surface area contributed by atoms with Crippen LogP contribution < -0.4 is 5.32 Å². The summed E-state index contributed by atoms with van der Waals surface area (Å²) in [5.74, 6) is 1.56. The molecule has 0 fully saturated rings. The van der Waals surface area contributed by atoms with E-state index in [1.54, 1.807) is 18.5 Å². The number of rotatable bonds is 4. The number of halogens is 1. The van der Waals surface area contributed by atoms with Crippen molar-refractivity contribution in [2.45, 2.75) is 0 Å². The van der Waals surface area contributed by atoms with Gasteiger partial charge in [-0.2, -0.15) is 4.98 Å². The Kier molecular flexibility index (Phi) is 4.22. The highest BCUT2D eigenvalue weighted by molar-refractivity contribution is 9.10. The molecule has 1 N–H and O–H groups in total. The smallest absolute Gasteiger partial charge is 0.258 e. The standard InChI is InChI=1S/C18H12BrN5O/c19-15-5-2-1-4-14(15)16-23-17(25-24-16)12-6-8-13(9-7-12)22-18-20-10-3-11-21-18/h1-11H,(H,20,21,22). The van der Waals surface area contributed by atoms with Crippen molar-refractivity contribution in [2.75, 3.05) is 5.32 Å². The molecule has 0 unspecified atom stereocenters. The summed E-state index contributed by atoms with van der Waals surface area (Å²) in [7, 11) is 0. The molecule has 2 heterocycles. The van der Waals surface area contributed by atoms with Crippen molar-refractivity contribution in [3.05, 3.63) is 71.5 Å². The average Bonchev–Trinajstić information content (AvgIpc) is 3.13. The quantitative estimate of drug-likeness (QED) is 0.541. The molecule has 4 aromatic rings. The van der Waals surface area contributed by atoms with E-state index in [0.29, 0.717) is 17.7 Å². The van der Waals surface area contributed by atoms with E-state index in [9.17, 15) is 0 Å². The van der Waals surface area contributed by atoms with Gasteiger partial charge in [-0.15, -0.1) is 0 Å². The number of anilines is 2. The van der Waals surface area contributed by atoms with Crippen LogP contribution in [0.3, 0.4) is 0 Å². The third-order valence-electron chi connectivity index (χ3n) is 3.49. The van der Waals surface area contributed by atoms with Crippen LogP contribution in [0, 0.1) is 0 Å². The fraction of sp³-hybridized carbons (Fsp3) is 0. The Labute approximate surface area is 152 Å². The summed E-state index contributed by atoms with van der Waals surface area (Å²) in [6.07, 6.45) is 3.37. The van der Waals surface area contributed by atoms with Crippen LogP contribution >= 0.6 is 15.9 Å². The molecule has 4 rings (SSSR count). The topological polar surface area (TPSA) is 76.7 Å². The Balaban J connectivity index is 1.56. The van der Waals surface area contributed by atoms with Gasteiger partial charge in [0.15, 0.2) is 0 Å². The third-order valence-corrected chi connectivity index (χ3v) is 4.19. The van der Waals surface area contributed by atoms with Crippen LogP contribution in [0.2, 0.25) is 0 Å². The molecule has 2 aromatic carbocycles. The predicted molar refractivity (Wildman–Crippen MR) is 98.2 cm³/mol. The van der Waals surface area contributed by atoms with Crippen molar-refractivity contribution < 1.29 is 4.52 Å². The zero-order valence-corrected chi connectivity index (χ0v) is 14.5. The van der Waals surface area contributed by atoms with E-state index in [-0.39, 0.29) is 0 Å². The normalized spacial score (nSPS) is 10.6. The van der Waals surface area contributed by atoms with Gasteiger partial charge in [-0.3, -0.25) is 0 Å². The Morgan fingerprint density at radius 3 is 2.40 bits per heavy atom. The first-order chi connectivity index (χ1) is 12.3. The van der Waals surface area contributed by atoms with Gasteiger partial charge in [0.2, 0.25) is 11.8 Å². The minimum absolute atomic E-state index is 0.466. The van der Waals surface area contributed by atoms with Crippen LogP contribution in [0.4, 0.5) is 11.6 Å². The number of hydrogen-bond acceptors (Lipinski definition) is 6. The predicted octanol–water partition coefficient (Wildman–Crippen LogP) is 4.70. The number of hydrogen-bond donors (Lipinski definition) is 1. The molecule has 25 heavy (non-hydrogen) atoms. The fourth-order valence-corrected chi connectivity index (χ4v) is 2.74. The number of aromatic nitrogens is 4. The minimum atomic E-state index is 0.466. The van der Waals surface area contributed by atoms with Crippen LogP contribution in [0.25, 0.3) is 22.8 Å². The lowest BCUT2D eigenvalue weighted by Gasteiger charge is -2.04. The summed E-state index contributed by atoms with van der Waals surface area (Å²) in [5.41, 5.74) is 2.60. The lowest BCUT2D eigenvalue weighted by molar-refractivity contribution is 0.432. The van der Waals surface area contributed by atoms with E-state index in [2.05, 4.69) is 41.4 Å². The summed E-state index contributed by atoms with van der Waals surface area (Å²) in [5, 5.41) is 7.19. The molecular weight excluding hydrogens is 382 g/mol. The van der Waals surface area contributed by atoms with E-state index < -0.39 is 0 Å². The van der Waals surface area contributed by atoms with Gasteiger partial charge < -0.3 is 9.84 Å². The summed E-state index contributed by atoms with van der Waals surface area (Å²) in [4.78, 5) is 12.7. The van der Waals surface area contributed by atoms with Gasteiger partial charge in [0, 0.05) is 33.7 Å². The first-order valence-corrected chi connectivity index (χ1v) is 8.32. The highest BCUT2D eigenvalue weighted by atomic mass is 79.9. The second-order valence-electron chi connectivity index (χ2n) is 5.18. The van der Waals surface area contributed by atoms with Crippen LogP contribution in [-0.2, 0) is 0 Å². The highest BCUT2D eigenvalue weighted by Crippen LogP contribution is 2.28. The second kappa shape index (κ2) is 6.82. The monoisotopic (exact) mass is 393 g/mol. The highest BCUT2D eigenvalue weighted by Gasteiger charge is 2.12. The van der Waals surface area contributed by atoms with Gasteiger partial charge in [0.25, 0.3) is 5.89 Å². The maximum atomic E-state index is 5.39. The van der Waals surface area contributed by atoms with Crippen molar-refractivity contribution in [3.8, 4) is 22.8 Å². The van der Waals surface area contributed by atoms with E-state index in [4.69, 9.17) is 4.52 Å². The summed E-state index contributed by atoms with van der Waals surface area (Å²) in [6, 6.07) is 17.2. The molecule has 2 aromatic heterocycles. The Hall–Kier alpha value is -3.06. The zero-order chi connectivity index (χ0) is 17.1. The first kappa shape index (κ1) is 15.5. The lowest BCUT2D eigenvalue weighted by atomic mass is 10.2. The summed E-state index contributed by atoms with van der Waals surface area (Å²) in [6.45, 7) is 0. The van der Waals surface area contributed by atoms with Gasteiger partial charge in [-0.05, 0) is 42.5 Å². The first-order valence-electron chi connectivity index (χ1n) is 7.53. The molecule has 0 bridgehead atoms. The molecule has 6 nitrogen and oxygen atoms in total. The second-order valence-corrected chi connectivity index (χ2v) is 6.03. The fourth-order valence-electron chi connectivity index (χ4n) is 2.28. The Morgan fingerprint density at radius 1 is 0.880 bits per heavy atom. The van der Waals surface area contributed by atoms with Gasteiger partial charge in [0.1, 0.15) is 0 Å². The molecule has 0 aliphatic rings. The lowest BCUT2D eigenvalue weighted by Crippen LogP contribution is -1.95. The van der Waals surface area contributed by atoms with Crippen molar-refractivity contribution in [1.29, 1.82) is 0 Å². The third kappa shape index (κ3) is 3.41. The van der Waals surface area contributed by atoms with E-state index in [1.807, 2.05) is 48.5 Å². The molecular formula is C18H12BrN5O. The molecule has 122 valence electrons. The summed E-state index contributed by atoms with van der Waals surface area (Å²) < 4.78 is 6.31. The molecule has 0 atom stereocenters. The molecule has 0 radical (unpaired) electrons. The largest absolute Gasteiger partial charge is 0.334 e. The van der Waals surface area contributed by atoms with Crippen molar-refractivity contribution in [1.82, 2.24) is 20.1 Å². The van der Waals surface area contributed by atoms with Gasteiger partial charge in [-0.25, -0.2) is 9.97 Å². The van der Waals surface area contributed by atoms with Crippen molar-refractivity contribution in [3.63, 3.8) is 0 Å². The SMILES string of the molecule is Brc1ccccc1-c1noc(-c2ccc(Nc3ncccn3)cc2)n1. The number of benzene rings is 2. The minimum Gasteiger partial charge on any atom is -0.334 e. The van der Waals surface area contributed by atoms with Gasteiger partial charge >= 0.3 is 0 Å². The molecule has 0 saturated carbocycles. The average molecular weight is 394 g/mol. The van der Waals surface area contributed by atoms with Gasteiger partial charge in [-0.1, -0.05) is 33.2 Å². The molecule has 0 aliphatic carbocycles. The van der Waals surface area contributed by atoms with Crippen LogP contribution in [-0.4, -0.2) is 20.1 Å². The maximum Gasteiger partial charge on any atom is 0.258 e. The van der Waals surface area contributed by atoms with E-state index in [0.717, 1.165) is 21.3 Å². The van der Waals surface area contributed by atoms with Crippen LogP contribution in [0.5, 0.6) is 0 Å². The molecule has 0 spiro atoms. The maximum absolute atomic E-state index is 5.39. The van der Waals surface area contributed by atoms with Gasteiger partial charge in [0.05, 0.1) is 0 Å². The zero-order valence-electron chi connectivity index (χ0n) is 12.9. The molecule has 0 amide bonds. The van der Waals surface area contributed by atoms with Crippen molar-refractivity contribution in [2.24, 2.45) is 0 Å². The van der Waals surface area contributed by atoms with E-state index >= 15 is 0 Å². The molecule has 0 aliphatic heterocycles. The molecule has 0 saturated heterocycles.